The summed E-state index contributed by atoms with van der Waals surface area (Å²) in [4.78, 5) is 38.0. The molecule has 3 aromatic carbocycles. The van der Waals surface area contributed by atoms with Gasteiger partial charge >= 0.3 is 5.97 Å². The minimum Gasteiger partial charge on any atom is -0.495 e. The summed E-state index contributed by atoms with van der Waals surface area (Å²) in [5.41, 5.74) is 1.92. The molecule has 10 heteroatoms. The van der Waals surface area contributed by atoms with Crippen LogP contribution in [0.2, 0.25) is 5.02 Å². The monoisotopic (exact) mass is 540 g/mol. The number of methoxy groups -OCH3 is 1. The number of rotatable bonds is 10. The Kier molecular flexibility index (Phi) is 8.58. The van der Waals surface area contributed by atoms with Gasteiger partial charge in [-0.15, -0.1) is 0 Å². The molecule has 0 bridgehead atoms. The van der Waals surface area contributed by atoms with E-state index < -0.39 is 30.4 Å². The van der Waals surface area contributed by atoms with Gasteiger partial charge in [0.1, 0.15) is 23.0 Å². The number of para-hydroxylation sites is 1. The summed E-state index contributed by atoms with van der Waals surface area (Å²) in [5.74, 6) is -0.748. The molecule has 0 aliphatic carbocycles. The van der Waals surface area contributed by atoms with E-state index in [-0.39, 0.29) is 10.6 Å². The van der Waals surface area contributed by atoms with Gasteiger partial charge < -0.3 is 24.5 Å². The first-order valence-corrected chi connectivity index (χ1v) is 13.2. The molecule has 1 atom stereocenters. The Balaban J connectivity index is 1.42. The average Bonchev–Trinajstić information content (AvgIpc) is 3.26. The maximum absolute atomic E-state index is 12.8. The molecule has 37 heavy (non-hydrogen) atoms. The number of amides is 2. The first-order chi connectivity index (χ1) is 17.9. The van der Waals surface area contributed by atoms with Crippen LogP contribution in [0.15, 0.2) is 65.1 Å². The van der Waals surface area contributed by atoms with Crippen LogP contribution in [0.3, 0.4) is 0 Å². The van der Waals surface area contributed by atoms with Crippen molar-refractivity contribution in [1.82, 2.24) is 5.32 Å². The van der Waals surface area contributed by atoms with Crippen molar-refractivity contribution in [3.05, 3.63) is 71.2 Å². The topological polar surface area (TPSA) is 107 Å². The molecule has 2 N–H and O–H groups in total. The number of furan rings is 1. The molecule has 0 fully saturated rings. The second-order valence-electron chi connectivity index (χ2n) is 8.09. The zero-order valence-corrected chi connectivity index (χ0v) is 21.8. The first kappa shape index (κ1) is 26.4. The number of hydrogen-bond acceptors (Lipinski definition) is 7. The van der Waals surface area contributed by atoms with Crippen molar-refractivity contribution < 1.29 is 28.3 Å². The molecule has 1 heterocycles. The van der Waals surface area contributed by atoms with Crippen molar-refractivity contribution >= 4 is 68.8 Å². The van der Waals surface area contributed by atoms with Gasteiger partial charge in [-0.2, -0.15) is 11.8 Å². The van der Waals surface area contributed by atoms with E-state index in [1.54, 1.807) is 36.4 Å². The third-order valence-electron chi connectivity index (χ3n) is 5.64. The van der Waals surface area contributed by atoms with Gasteiger partial charge in [0.15, 0.2) is 6.61 Å². The number of thioether (sulfide) groups is 1. The lowest BCUT2D eigenvalue weighted by molar-refractivity contribution is -0.149. The Morgan fingerprint density at radius 3 is 2.54 bits per heavy atom. The van der Waals surface area contributed by atoms with Crippen LogP contribution in [-0.4, -0.2) is 49.6 Å². The fourth-order valence-electron chi connectivity index (χ4n) is 3.81. The Bertz CT molecular complexity index is 1450. The standard InChI is InChI=1S/C27H25ClN2O6S/c1-34-24-13-18-16-7-4-6-10-22(16)36-23(18)14-21(24)29-25(31)15-35-27(33)20(11-12-37-2)30-26(32)17-8-3-5-9-19(17)28/h3-10,13-14,20H,11-12,15H2,1-2H3,(H,29,31)(H,30,32)/t20-/m0/s1. The summed E-state index contributed by atoms with van der Waals surface area (Å²) in [6.07, 6.45) is 2.21. The van der Waals surface area contributed by atoms with Crippen LogP contribution >= 0.6 is 23.4 Å². The number of carbonyl (C=O) groups is 3. The summed E-state index contributed by atoms with van der Waals surface area (Å²) in [6, 6.07) is 16.6. The van der Waals surface area contributed by atoms with E-state index in [9.17, 15) is 14.4 Å². The van der Waals surface area contributed by atoms with Gasteiger partial charge in [-0.3, -0.25) is 9.59 Å². The molecule has 0 saturated heterocycles. The highest BCUT2D eigenvalue weighted by atomic mass is 35.5. The first-order valence-electron chi connectivity index (χ1n) is 11.4. The van der Waals surface area contributed by atoms with Gasteiger partial charge in [-0.05, 0) is 42.7 Å². The maximum atomic E-state index is 12.8. The number of esters is 1. The summed E-state index contributed by atoms with van der Waals surface area (Å²) in [7, 11) is 1.50. The minimum atomic E-state index is -0.939. The van der Waals surface area contributed by atoms with Crippen LogP contribution < -0.4 is 15.4 Å². The largest absolute Gasteiger partial charge is 0.495 e. The second kappa shape index (κ2) is 12.0. The molecule has 2 amide bonds. The van der Waals surface area contributed by atoms with Crippen LogP contribution in [0, 0.1) is 0 Å². The van der Waals surface area contributed by atoms with Crippen molar-refractivity contribution in [1.29, 1.82) is 0 Å². The summed E-state index contributed by atoms with van der Waals surface area (Å²) in [6.45, 7) is -0.544. The predicted octanol–water partition coefficient (Wildman–Crippen LogP) is 5.28. The van der Waals surface area contributed by atoms with Crippen LogP contribution in [0.25, 0.3) is 21.9 Å². The summed E-state index contributed by atoms with van der Waals surface area (Å²) >= 11 is 7.62. The van der Waals surface area contributed by atoms with Gasteiger partial charge in [0, 0.05) is 16.8 Å². The van der Waals surface area contributed by atoms with Gasteiger partial charge in [0.2, 0.25) is 0 Å². The molecule has 0 radical (unpaired) electrons. The lowest BCUT2D eigenvalue weighted by Gasteiger charge is -2.18. The Hall–Kier alpha value is -3.69. The second-order valence-corrected chi connectivity index (χ2v) is 9.48. The molecule has 0 aliphatic rings. The molecule has 1 aromatic heterocycles. The highest BCUT2D eigenvalue weighted by Gasteiger charge is 2.24. The zero-order chi connectivity index (χ0) is 26.4. The Morgan fingerprint density at radius 1 is 1.03 bits per heavy atom. The lowest BCUT2D eigenvalue weighted by Crippen LogP contribution is -2.43. The van der Waals surface area contributed by atoms with Gasteiger partial charge in [0.05, 0.1) is 23.4 Å². The number of hydrogen-bond donors (Lipinski definition) is 2. The van der Waals surface area contributed by atoms with E-state index in [2.05, 4.69) is 10.6 Å². The van der Waals surface area contributed by atoms with E-state index in [0.717, 1.165) is 10.8 Å². The van der Waals surface area contributed by atoms with Crippen LogP contribution in [0.5, 0.6) is 5.75 Å². The summed E-state index contributed by atoms with van der Waals surface area (Å²) < 4.78 is 16.6. The smallest absolute Gasteiger partial charge is 0.329 e. The highest BCUT2D eigenvalue weighted by molar-refractivity contribution is 7.98. The van der Waals surface area contributed by atoms with Gasteiger partial charge in [-0.1, -0.05) is 41.9 Å². The molecule has 192 valence electrons. The molecule has 8 nitrogen and oxygen atoms in total. The predicted molar refractivity (Wildman–Crippen MR) is 146 cm³/mol. The average molecular weight is 541 g/mol. The molecular formula is C27H25ClN2O6S. The molecule has 0 saturated carbocycles. The van der Waals surface area contributed by atoms with Crippen molar-refractivity contribution in [2.24, 2.45) is 0 Å². The normalized spacial score (nSPS) is 11.8. The Morgan fingerprint density at radius 2 is 1.78 bits per heavy atom. The molecule has 0 aliphatic heterocycles. The van der Waals surface area contributed by atoms with Crippen LogP contribution in [0.1, 0.15) is 16.8 Å². The molecule has 0 unspecified atom stereocenters. The van der Waals surface area contributed by atoms with Crippen molar-refractivity contribution in [3.8, 4) is 5.75 Å². The van der Waals surface area contributed by atoms with E-state index in [0.29, 0.717) is 34.8 Å². The number of carbonyl (C=O) groups excluding carboxylic acids is 3. The van der Waals surface area contributed by atoms with E-state index in [4.69, 9.17) is 25.5 Å². The third-order valence-corrected chi connectivity index (χ3v) is 6.61. The SMILES string of the molecule is COc1cc2c(cc1NC(=O)COC(=O)[C@H](CCSC)NC(=O)c1ccccc1Cl)oc1ccccc12. The van der Waals surface area contributed by atoms with Crippen molar-refractivity contribution in [2.75, 3.05) is 31.0 Å². The van der Waals surface area contributed by atoms with Gasteiger partial charge in [-0.25, -0.2) is 4.79 Å². The molecule has 4 rings (SSSR count). The molecular weight excluding hydrogens is 516 g/mol. The zero-order valence-electron chi connectivity index (χ0n) is 20.2. The minimum absolute atomic E-state index is 0.247. The molecule has 0 spiro atoms. The summed E-state index contributed by atoms with van der Waals surface area (Å²) in [5, 5.41) is 7.41. The Labute approximate surface area is 222 Å². The van der Waals surface area contributed by atoms with E-state index in [1.807, 2.05) is 30.5 Å². The van der Waals surface area contributed by atoms with E-state index in [1.165, 1.54) is 18.9 Å². The highest BCUT2D eigenvalue weighted by Crippen LogP contribution is 2.36. The van der Waals surface area contributed by atoms with Crippen molar-refractivity contribution in [3.63, 3.8) is 0 Å². The van der Waals surface area contributed by atoms with Crippen molar-refractivity contribution in [2.45, 2.75) is 12.5 Å². The maximum Gasteiger partial charge on any atom is 0.329 e. The third kappa shape index (κ3) is 6.18. The number of halogens is 1. The number of benzene rings is 3. The number of fused-ring (bicyclic) bond motifs is 3. The van der Waals surface area contributed by atoms with Crippen LogP contribution in [-0.2, 0) is 14.3 Å². The fraction of sp³-hybridized carbons (Fsp3) is 0.222. The number of ether oxygens (including phenoxy) is 2. The number of anilines is 1. The fourth-order valence-corrected chi connectivity index (χ4v) is 4.50. The van der Waals surface area contributed by atoms with Crippen LogP contribution in [0.4, 0.5) is 5.69 Å². The van der Waals surface area contributed by atoms with Gasteiger partial charge in [0.25, 0.3) is 11.8 Å². The number of nitrogens with one attached hydrogen (secondary N) is 2. The lowest BCUT2D eigenvalue weighted by atomic mass is 10.1. The molecule has 4 aromatic rings. The van der Waals surface area contributed by atoms with E-state index >= 15 is 0 Å². The quantitative estimate of drug-likeness (QED) is 0.263.